The maximum absolute atomic E-state index is 12.5. The molecule has 0 spiro atoms. The van der Waals surface area contributed by atoms with Crippen LogP contribution in [0.2, 0.25) is 0 Å². The van der Waals surface area contributed by atoms with E-state index in [2.05, 4.69) is 15.5 Å². The number of hydrogen-bond donors (Lipinski definition) is 2. The van der Waals surface area contributed by atoms with Crippen LogP contribution in [-0.2, 0) is 0 Å². The number of hydrogen-bond acceptors (Lipinski definition) is 4. The lowest BCUT2D eigenvalue weighted by Gasteiger charge is -2.05. The summed E-state index contributed by atoms with van der Waals surface area (Å²) < 4.78 is 5.22. The van der Waals surface area contributed by atoms with Crippen molar-refractivity contribution in [3.05, 3.63) is 71.7 Å². The van der Waals surface area contributed by atoms with Crippen LogP contribution < -0.4 is 5.32 Å². The molecule has 0 radical (unpaired) electrons. The van der Waals surface area contributed by atoms with Gasteiger partial charge in [-0.3, -0.25) is 9.89 Å². The monoisotopic (exact) mass is 342 g/mol. The van der Waals surface area contributed by atoms with Gasteiger partial charge in [0, 0.05) is 22.7 Å². The van der Waals surface area contributed by atoms with Crippen molar-refractivity contribution in [2.45, 2.75) is 6.92 Å². The second-order valence-corrected chi connectivity index (χ2v) is 5.85. The van der Waals surface area contributed by atoms with Gasteiger partial charge in [0.2, 0.25) is 5.76 Å². The first-order valence-corrected chi connectivity index (χ1v) is 8.01. The Morgan fingerprint density at radius 2 is 2.00 bits per heavy atom. The zero-order chi connectivity index (χ0) is 18.1. The van der Waals surface area contributed by atoms with Crippen LogP contribution in [0.15, 0.2) is 59.0 Å². The summed E-state index contributed by atoms with van der Waals surface area (Å²) in [4.78, 5) is 12.5. The Balaban J connectivity index is 1.68. The van der Waals surface area contributed by atoms with E-state index >= 15 is 0 Å². The summed E-state index contributed by atoms with van der Waals surface area (Å²) in [7, 11) is 0. The molecule has 4 rings (SSSR count). The first-order valence-electron chi connectivity index (χ1n) is 8.01. The molecule has 0 bridgehead atoms. The Kier molecular flexibility index (Phi) is 3.75. The number of nitrogens with one attached hydrogen (secondary N) is 2. The highest BCUT2D eigenvalue weighted by Crippen LogP contribution is 2.28. The zero-order valence-electron chi connectivity index (χ0n) is 13.9. The Labute approximate surface area is 149 Å². The molecule has 2 N–H and O–H groups in total. The second-order valence-electron chi connectivity index (χ2n) is 5.85. The predicted molar refractivity (Wildman–Crippen MR) is 97.6 cm³/mol. The van der Waals surface area contributed by atoms with Crippen LogP contribution in [0, 0.1) is 18.3 Å². The lowest BCUT2D eigenvalue weighted by molar-refractivity contribution is 0.102. The largest absolute Gasteiger partial charge is 0.450 e. The first-order chi connectivity index (χ1) is 12.7. The first kappa shape index (κ1) is 15.7. The van der Waals surface area contributed by atoms with Crippen molar-refractivity contribution in [1.29, 1.82) is 5.26 Å². The van der Waals surface area contributed by atoms with E-state index in [-0.39, 0.29) is 11.7 Å². The Bertz CT molecular complexity index is 1150. The van der Waals surface area contributed by atoms with Crippen LogP contribution in [0.5, 0.6) is 0 Å². The number of aromatic amines is 1. The van der Waals surface area contributed by atoms with Crippen molar-refractivity contribution in [3.8, 4) is 17.3 Å². The Hall–Kier alpha value is -3.85. The van der Waals surface area contributed by atoms with Gasteiger partial charge in [0.05, 0.1) is 16.8 Å². The fourth-order valence-corrected chi connectivity index (χ4v) is 2.87. The summed E-state index contributed by atoms with van der Waals surface area (Å²) in [5.41, 5.74) is 3.68. The van der Waals surface area contributed by atoms with Gasteiger partial charge >= 0.3 is 0 Å². The number of rotatable bonds is 3. The number of fused-ring (bicyclic) bond motifs is 1. The number of benzene rings is 2. The van der Waals surface area contributed by atoms with Gasteiger partial charge in [0.15, 0.2) is 0 Å². The molecule has 2 aromatic heterocycles. The van der Waals surface area contributed by atoms with E-state index < -0.39 is 0 Å². The molecule has 0 fully saturated rings. The van der Waals surface area contributed by atoms with E-state index in [9.17, 15) is 4.79 Å². The van der Waals surface area contributed by atoms with Crippen molar-refractivity contribution in [1.82, 2.24) is 10.2 Å². The summed E-state index contributed by atoms with van der Waals surface area (Å²) in [6, 6.07) is 18.7. The van der Waals surface area contributed by atoms with E-state index in [1.54, 1.807) is 13.0 Å². The van der Waals surface area contributed by atoms with Crippen LogP contribution in [0.1, 0.15) is 21.9 Å². The van der Waals surface area contributed by atoms with Crippen molar-refractivity contribution >= 4 is 22.5 Å². The minimum Gasteiger partial charge on any atom is -0.450 e. The predicted octanol–water partition coefficient (Wildman–Crippen LogP) is 4.26. The molecule has 2 aromatic carbocycles. The van der Waals surface area contributed by atoms with Crippen LogP contribution in [-0.4, -0.2) is 16.1 Å². The molecule has 0 saturated heterocycles. The normalized spacial score (nSPS) is 10.6. The molecular formula is C20H14N4O2. The molecule has 6 nitrogen and oxygen atoms in total. The van der Waals surface area contributed by atoms with Crippen molar-refractivity contribution in [2.75, 3.05) is 5.32 Å². The third-order valence-electron chi connectivity index (χ3n) is 4.14. The molecule has 26 heavy (non-hydrogen) atoms. The van der Waals surface area contributed by atoms with Crippen LogP contribution >= 0.6 is 0 Å². The molecular weight excluding hydrogens is 328 g/mol. The maximum atomic E-state index is 12.5. The van der Waals surface area contributed by atoms with Gasteiger partial charge in [-0.15, -0.1) is 0 Å². The summed E-state index contributed by atoms with van der Waals surface area (Å²) in [6.07, 6.45) is 0. The lowest BCUT2D eigenvalue weighted by Crippen LogP contribution is -2.11. The second kappa shape index (κ2) is 6.22. The third-order valence-corrected chi connectivity index (χ3v) is 4.14. The number of carbonyl (C=O) groups excluding carboxylic acids is 1. The summed E-state index contributed by atoms with van der Waals surface area (Å²) in [5.74, 6) is 0.203. The van der Waals surface area contributed by atoms with Gasteiger partial charge in [-0.25, -0.2) is 0 Å². The van der Waals surface area contributed by atoms with E-state index in [0.717, 1.165) is 22.2 Å². The molecule has 0 aliphatic carbocycles. The SMILES string of the molecule is Cc1oc(C#N)cc1C(=O)Nc1ccc2[nH]nc(-c3ccccc3)c2c1. The fraction of sp³-hybridized carbons (Fsp3) is 0.0500. The minimum atomic E-state index is -0.322. The smallest absolute Gasteiger partial charge is 0.259 e. The van der Waals surface area contributed by atoms with Gasteiger partial charge in [0.25, 0.3) is 5.91 Å². The summed E-state index contributed by atoms with van der Waals surface area (Å²) in [5, 5.41) is 20.0. The number of amides is 1. The molecule has 0 unspecified atom stereocenters. The lowest BCUT2D eigenvalue weighted by atomic mass is 10.1. The summed E-state index contributed by atoms with van der Waals surface area (Å²) in [6.45, 7) is 1.66. The average molecular weight is 342 g/mol. The van der Waals surface area contributed by atoms with Crippen molar-refractivity contribution in [3.63, 3.8) is 0 Å². The minimum absolute atomic E-state index is 0.115. The number of carbonyl (C=O) groups is 1. The topological polar surface area (TPSA) is 94.7 Å². The van der Waals surface area contributed by atoms with Crippen LogP contribution in [0.3, 0.4) is 0 Å². The molecule has 0 atom stereocenters. The quantitative estimate of drug-likeness (QED) is 0.582. The van der Waals surface area contributed by atoms with Gasteiger partial charge in [-0.2, -0.15) is 10.4 Å². The standard InChI is InChI=1S/C20H14N4O2/c1-12-16(10-15(11-21)26-12)20(25)22-14-7-8-18-17(9-14)19(24-23-18)13-5-3-2-4-6-13/h2-10H,1H3,(H,22,25)(H,23,24). The van der Waals surface area contributed by atoms with E-state index in [4.69, 9.17) is 9.68 Å². The number of nitriles is 1. The molecule has 0 aliphatic rings. The van der Waals surface area contributed by atoms with E-state index in [1.165, 1.54) is 6.07 Å². The molecule has 0 saturated carbocycles. The molecule has 4 aromatic rings. The number of nitrogens with zero attached hydrogens (tertiary/aromatic N) is 2. The molecule has 6 heteroatoms. The van der Waals surface area contributed by atoms with Gasteiger partial charge < -0.3 is 9.73 Å². The molecule has 0 aliphatic heterocycles. The number of aryl methyl sites for hydroxylation is 1. The number of furan rings is 1. The zero-order valence-corrected chi connectivity index (χ0v) is 13.9. The fourth-order valence-electron chi connectivity index (χ4n) is 2.87. The Morgan fingerprint density at radius 3 is 2.73 bits per heavy atom. The maximum Gasteiger partial charge on any atom is 0.259 e. The number of anilines is 1. The highest BCUT2D eigenvalue weighted by atomic mass is 16.3. The summed E-state index contributed by atoms with van der Waals surface area (Å²) >= 11 is 0. The van der Waals surface area contributed by atoms with Crippen molar-refractivity contribution < 1.29 is 9.21 Å². The van der Waals surface area contributed by atoms with Crippen LogP contribution in [0.25, 0.3) is 22.2 Å². The number of H-pyrrole nitrogens is 1. The highest BCUT2D eigenvalue weighted by Gasteiger charge is 2.16. The van der Waals surface area contributed by atoms with Gasteiger partial charge in [-0.05, 0) is 25.1 Å². The highest BCUT2D eigenvalue weighted by molar-refractivity contribution is 6.06. The molecule has 2 heterocycles. The van der Waals surface area contributed by atoms with E-state index in [0.29, 0.717) is 17.0 Å². The van der Waals surface area contributed by atoms with Gasteiger partial charge in [0.1, 0.15) is 11.8 Å². The number of aromatic nitrogens is 2. The third kappa shape index (κ3) is 2.72. The molecule has 1 amide bonds. The van der Waals surface area contributed by atoms with E-state index in [1.807, 2.05) is 48.5 Å². The van der Waals surface area contributed by atoms with Gasteiger partial charge in [-0.1, -0.05) is 30.3 Å². The van der Waals surface area contributed by atoms with Crippen LogP contribution in [0.4, 0.5) is 5.69 Å². The van der Waals surface area contributed by atoms with Crippen molar-refractivity contribution in [2.24, 2.45) is 0 Å². The Morgan fingerprint density at radius 1 is 1.19 bits per heavy atom. The average Bonchev–Trinajstić information content (AvgIpc) is 3.25. The molecule has 126 valence electrons.